The number of hydrogen-bond acceptors (Lipinski definition) is 3. The largest absolute Gasteiger partial charge is 0.457 e. The Morgan fingerprint density at radius 1 is 1.04 bits per heavy atom. The van der Waals surface area contributed by atoms with Gasteiger partial charge >= 0.3 is 0 Å². The van der Waals surface area contributed by atoms with Crippen LogP contribution in [0, 0.1) is 13.8 Å². The summed E-state index contributed by atoms with van der Waals surface area (Å²) in [7, 11) is 0. The summed E-state index contributed by atoms with van der Waals surface area (Å²) < 4.78 is 6.07. The molecule has 3 rings (SSSR count). The number of para-hydroxylation sites is 1. The van der Waals surface area contributed by atoms with Gasteiger partial charge in [0.05, 0.1) is 11.3 Å². The Hall–Kier alpha value is -3.14. The Morgan fingerprint density at radius 3 is 2.63 bits per heavy atom. The molecule has 4 nitrogen and oxygen atoms in total. The molecule has 0 saturated heterocycles. The van der Waals surface area contributed by atoms with Crippen molar-refractivity contribution in [3.63, 3.8) is 0 Å². The number of pyridine rings is 1. The van der Waals surface area contributed by atoms with Crippen LogP contribution in [-0.2, 0) is 6.42 Å². The van der Waals surface area contributed by atoms with Crippen molar-refractivity contribution >= 4 is 11.6 Å². The predicted molar refractivity (Wildman–Crippen MR) is 109 cm³/mol. The molecule has 2 aromatic carbocycles. The van der Waals surface area contributed by atoms with E-state index in [-0.39, 0.29) is 5.91 Å². The molecule has 0 saturated carbocycles. The van der Waals surface area contributed by atoms with E-state index in [0.29, 0.717) is 22.7 Å². The van der Waals surface area contributed by atoms with Crippen LogP contribution in [0.1, 0.15) is 40.7 Å². The third-order valence-electron chi connectivity index (χ3n) is 4.28. The number of amides is 1. The number of benzene rings is 2. The fraction of sp³-hybridized carbons (Fsp3) is 0.217. The van der Waals surface area contributed by atoms with Gasteiger partial charge in [-0.2, -0.15) is 0 Å². The van der Waals surface area contributed by atoms with Crippen LogP contribution >= 0.6 is 0 Å². The van der Waals surface area contributed by atoms with Crippen molar-refractivity contribution in [1.29, 1.82) is 0 Å². The third-order valence-corrected chi connectivity index (χ3v) is 4.28. The molecule has 0 unspecified atom stereocenters. The number of carbonyl (C=O) groups is 1. The normalized spacial score (nSPS) is 10.5. The number of aryl methyl sites for hydroxylation is 3. The Bertz CT molecular complexity index is 951. The second-order valence-corrected chi connectivity index (χ2v) is 6.53. The molecule has 4 heteroatoms. The highest BCUT2D eigenvalue weighted by Crippen LogP contribution is 2.28. The molecular formula is C23H24N2O2. The zero-order chi connectivity index (χ0) is 19.2. The number of aromatic nitrogens is 1. The maximum Gasteiger partial charge on any atom is 0.257 e. The first-order valence-electron chi connectivity index (χ1n) is 9.18. The Kier molecular flexibility index (Phi) is 5.87. The Morgan fingerprint density at radius 2 is 1.85 bits per heavy atom. The lowest BCUT2D eigenvalue weighted by molar-refractivity contribution is 0.102. The topological polar surface area (TPSA) is 51.2 Å². The lowest BCUT2D eigenvalue weighted by Gasteiger charge is -2.12. The van der Waals surface area contributed by atoms with Gasteiger partial charge in [0.2, 0.25) is 0 Å². The third kappa shape index (κ3) is 4.73. The van der Waals surface area contributed by atoms with Gasteiger partial charge in [-0.25, -0.2) is 0 Å². The maximum atomic E-state index is 12.6. The quantitative estimate of drug-likeness (QED) is 0.614. The van der Waals surface area contributed by atoms with E-state index in [1.165, 1.54) is 5.56 Å². The molecule has 0 spiro atoms. The van der Waals surface area contributed by atoms with Crippen LogP contribution in [0.5, 0.6) is 11.5 Å². The summed E-state index contributed by atoms with van der Waals surface area (Å²) in [6, 6.07) is 19.1. The van der Waals surface area contributed by atoms with E-state index in [2.05, 4.69) is 23.3 Å². The highest BCUT2D eigenvalue weighted by Gasteiger charge is 2.11. The van der Waals surface area contributed by atoms with Crippen LogP contribution in [0.15, 0.2) is 60.7 Å². The number of nitrogens with one attached hydrogen (secondary N) is 1. The minimum atomic E-state index is -0.177. The standard InChI is InChI=1S/C23H24N2O2/c1-4-8-18-9-5-6-12-22(18)27-20-11-7-10-19(15-20)25-23(26)21-14-13-16(2)24-17(21)3/h5-7,9-15H,4,8H2,1-3H3,(H,25,26). The van der Waals surface area contributed by atoms with Crippen molar-refractivity contribution in [2.75, 3.05) is 5.32 Å². The van der Waals surface area contributed by atoms with Crippen molar-refractivity contribution < 1.29 is 9.53 Å². The van der Waals surface area contributed by atoms with Crippen LogP contribution in [0.4, 0.5) is 5.69 Å². The Balaban J connectivity index is 1.77. The zero-order valence-electron chi connectivity index (χ0n) is 16.0. The molecule has 0 atom stereocenters. The summed E-state index contributed by atoms with van der Waals surface area (Å²) in [5, 5.41) is 2.93. The molecule has 0 aliphatic heterocycles. The second-order valence-electron chi connectivity index (χ2n) is 6.53. The Labute approximate surface area is 160 Å². The van der Waals surface area contributed by atoms with E-state index in [1.807, 2.05) is 62.4 Å². The molecule has 1 aromatic heterocycles. The van der Waals surface area contributed by atoms with Crippen LogP contribution < -0.4 is 10.1 Å². The molecule has 0 aliphatic carbocycles. The summed E-state index contributed by atoms with van der Waals surface area (Å²) in [6.45, 7) is 5.90. The van der Waals surface area contributed by atoms with Crippen LogP contribution in [-0.4, -0.2) is 10.9 Å². The molecule has 138 valence electrons. The van der Waals surface area contributed by atoms with Gasteiger partial charge in [-0.3, -0.25) is 9.78 Å². The number of hydrogen-bond donors (Lipinski definition) is 1. The fourth-order valence-corrected chi connectivity index (χ4v) is 2.97. The van der Waals surface area contributed by atoms with Gasteiger partial charge in [0.1, 0.15) is 11.5 Å². The summed E-state index contributed by atoms with van der Waals surface area (Å²) >= 11 is 0. The first kappa shape index (κ1) is 18.6. The minimum absolute atomic E-state index is 0.177. The van der Waals surface area contributed by atoms with E-state index in [9.17, 15) is 4.79 Å². The van der Waals surface area contributed by atoms with Crippen molar-refractivity contribution in [1.82, 2.24) is 4.98 Å². The molecule has 1 amide bonds. The second kappa shape index (κ2) is 8.49. The molecule has 0 radical (unpaired) electrons. The molecule has 1 N–H and O–H groups in total. The molecule has 0 aliphatic rings. The van der Waals surface area contributed by atoms with E-state index in [1.54, 1.807) is 6.07 Å². The van der Waals surface area contributed by atoms with Gasteiger partial charge in [-0.1, -0.05) is 37.6 Å². The van der Waals surface area contributed by atoms with Crippen LogP contribution in [0.25, 0.3) is 0 Å². The zero-order valence-corrected chi connectivity index (χ0v) is 16.0. The van der Waals surface area contributed by atoms with Gasteiger partial charge in [0, 0.05) is 17.4 Å². The molecule has 3 aromatic rings. The molecule has 27 heavy (non-hydrogen) atoms. The van der Waals surface area contributed by atoms with Crippen molar-refractivity contribution in [2.24, 2.45) is 0 Å². The first-order valence-corrected chi connectivity index (χ1v) is 9.18. The highest BCUT2D eigenvalue weighted by molar-refractivity contribution is 6.05. The van der Waals surface area contributed by atoms with Gasteiger partial charge in [0.15, 0.2) is 0 Å². The van der Waals surface area contributed by atoms with Gasteiger partial charge in [0.25, 0.3) is 5.91 Å². The van der Waals surface area contributed by atoms with E-state index >= 15 is 0 Å². The van der Waals surface area contributed by atoms with Gasteiger partial charge in [-0.05, 0) is 56.2 Å². The van der Waals surface area contributed by atoms with Crippen molar-refractivity contribution in [2.45, 2.75) is 33.6 Å². The lowest BCUT2D eigenvalue weighted by Crippen LogP contribution is -2.14. The minimum Gasteiger partial charge on any atom is -0.457 e. The van der Waals surface area contributed by atoms with Crippen molar-refractivity contribution in [3.8, 4) is 11.5 Å². The maximum absolute atomic E-state index is 12.6. The summed E-state index contributed by atoms with van der Waals surface area (Å²) in [5.74, 6) is 1.36. The molecule has 0 bridgehead atoms. The van der Waals surface area contributed by atoms with E-state index in [0.717, 1.165) is 24.3 Å². The predicted octanol–water partition coefficient (Wildman–Crippen LogP) is 5.70. The number of carbonyl (C=O) groups excluding carboxylic acids is 1. The fourth-order valence-electron chi connectivity index (χ4n) is 2.97. The van der Waals surface area contributed by atoms with Crippen LogP contribution in [0.3, 0.4) is 0 Å². The summed E-state index contributed by atoms with van der Waals surface area (Å²) in [5.41, 5.74) is 4.04. The lowest BCUT2D eigenvalue weighted by atomic mass is 10.1. The average Bonchev–Trinajstić information content (AvgIpc) is 2.64. The molecular weight excluding hydrogens is 336 g/mol. The van der Waals surface area contributed by atoms with Crippen LogP contribution in [0.2, 0.25) is 0 Å². The number of anilines is 1. The van der Waals surface area contributed by atoms with E-state index in [4.69, 9.17) is 4.74 Å². The van der Waals surface area contributed by atoms with Crippen molar-refractivity contribution in [3.05, 3.63) is 83.2 Å². The van der Waals surface area contributed by atoms with Gasteiger partial charge < -0.3 is 10.1 Å². The number of ether oxygens (including phenoxy) is 1. The molecule has 1 heterocycles. The first-order chi connectivity index (χ1) is 13.1. The van der Waals surface area contributed by atoms with Gasteiger partial charge in [-0.15, -0.1) is 0 Å². The monoisotopic (exact) mass is 360 g/mol. The number of rotatable bonds is 6. The number of nitrogens with zero attached hydrogens (tertiary/aromatic N) is 1. The smallest absolute Gasteiger partial charge is 0.257 e. The highest BCUT2D eigenvalue weighted by atomic mass is 16.5. The summed E-state index contributed by atoms with van der Waals surface area (Å²) in [4.78, 5) is 16.9. The SMILES string of the molecule is CCCc1ccccc1Oc1cccc(NC(=O)c2ccc(C)nc2C)c1. The average molecular weight is 360 g/mol. The molecule has 0 fully saturated rings. The van der Waals surface area contributed by atoms with E-state index < -0.39 is 0 Å². The summed E-state index contributed by atoms with van der Waals surface area (Å²) in [6.07, 6.45) is 2.02.